The number of rotatable bonds is 4. The molecule has 2 N–H and O–H groups in total. The number of hydrogen-bond donors (Lipinski definition) is 1. The SMILES string of the molecule is Cc1nc(-c2ccc3c(c2)OCO3)c(C(C)CCN)s1. The van der Waals surface area contributed by atoms with Crippen LogP contribution in [0.25, 0.3) is 11.3 Å². The molecule has 4 nitrogen and oxygen atoms in total. The smallest absolute Gasteiger partial charge is 0.231 e. The Kier molecular flexibility index (Phi) is 3.63. The molecule has 0 saturated heterocycles. The van der Waals surface area contributed by atoms with E-state index >= 15 is 0 Å². The summed E-state index contributed by atoms with van der Waals surface area (Å²) in [5.74, 6) is 2.02. The van der Waals surface area contributed by atoms with Crippen molar-refractivity contribution in [3.05, 3.63) is 28.1 Å². The number of nitrogens with two attached hydrogens (primary N) is 1. The first-order valence-electron chi connectivity index (χ1n) is 6.76. The summed E-state index contributed by atoms with van der Waals surface area (Å²) in [4.78, 5) is 5.99. The molecule has 2 heterocycles. The Bertz CT molecular complexity index is 624. The standard InChI is InChI=1S/C15H18N2O2S/c1-9(5-6-16)15-14(17-10(2)20-15)11-3-4-12-13(7-11)19-8-18-12/h3-4,7,9H,5-6,8,16H2,1-2H3. The van der Waals surface area contributed by atoms with Crippen molar-refractivity contribution in [1.29, 1.82) is 0 Å². The Morgan fingerprint density at radius 1 is 1.35 bits per heavy atom. The van der Waals surface area contributed by atoms with Crippen molar-refractivity contribution < 1.29 is 9.47 Å². The van der Waals surface area contributed by atoms with Gasteiger partial charge in [-0.2, -0.15) is 0 Å². The fraction of sp³-hybridized carbons (Fsp3) is 0.400. The predicted molar refractivity (Wildman–Crippen MR) is 80.5 cm³/mol. The van der Waals surface area contributed by atoms with Gasteiger partial charge in [-0.05, 0) is 44.0 Å². The normalized spacial score (nSPS) is 14.6. The Labute approximate surface area is 122 Å². The Hall–Kier alpha value is -1.59. The first kappa shape index (κ1) is 13.4. The average Bonchev–Trinajstić information content (AvgIpc) is 3.04. The van der Waals surface area contributed by atoms with Crippen molar-refractivity contribution in [2.45, 2.75) is 26.2 Å². The van der Waals surface area contributed by atoms with Gasteiger partial charge < -0.3 is 15.2 Å². The highest BCUT2D eigenvalue weighted by atomic mass is 32.1. The number of ether oxygens (including phenoxy) is 2. The van der Waals surface area contributed by atoms with E-state index in [1.807, 2.05) is 25.1 Å². The fourth-order valence-corrected chi connectivity index (χ4v) is 3.44. The van der Waals surface area contributed by atoms with Crippen LogP contribution in [0.4, 0.5) is 0 Å². The molecule has 0 aliphatic carbocycles. The van der Waals surface area contributed by atoms with E-state index < -0.39 is 0 Å². The molecule has 0 saturated carbocycles. The van der Waals surface area contributed by atoms with Crippen LogP contribution < -0.4 is 15.2 Å². The van der Waals surface area contributed by atoms with Crippen LogP contribution in [0.15, 0.2) is 18.2 Å². The van der Waals surface area contributed by atoms with Gasteiger partial charge in [0, 0.05) is 10.4 Å². The molecule has 0 fully saturated rings. The third kappa shape index (κ3) is 2.39. The Morgan fingerprint density at radius 3 is 2.95 bits per heavy atom. The van der Waals surface area contributed by atoms with Gasteiger partial charge in [0.15, 0.2) is 11.5 Å². The predicted octanol–water partition coefficient (Wildman–Crippen LogP) is 3.30. The van der Waals surface area contributed by atoms with Crippen molar-refractivity contribution in [3.63, 3.8) is 0 Å². The van der Waals surface area contributed by atoms with Crippen LogP contribution in [0.3, 0.4) is 0 Å². The molecule has 1 aliphatic rings. The van der Waals surface area contributed by atoms with Crippen LogP contribution >= 0.6 is 11.3 Å². The molecule has 1 atom stereocenters. The van der Waals surface area contributed by atoms with Gasteiger partial charge in [0.05, 0.1) is 10.7 Å². The summed E-state index contributed by atoms with van der Waals surface area (Å²) in [7, 11) is 0. The average molecular weight is 290 g/mol. The molecule has 1 aromatic heterocycles. The number of fused-ring (bicyclic) bond motifs is 1. The van der Waals surface area contributed by atoms with Gasteiger partial charge in [-0.25, -0.2) is 4.98 Å². The van der Waals surface area contributed by atoms with E-state index in [4.69, 9.17) is 20.2 Å². The summed E-state index contributed by atoms with van der Waals surface area (Å²) in [6.45, 7) is 5.24. The van der Waals surface area contributed by atoms with Crippen molar-refractivity contribution in [1.82, 2.24) is 4.98 Å². The molecule has 0 spiro atoms. The topological polar surface area (TPSA) is 57.4 Å². The maximum atomic E-state index is 5.68. The van der Waals surface area contributed by atoms with E-state index in [1.54, 1.807) is 11.3 Å². The minimum Gasteiger partial charge on any atom is -0.454 e. The lowest BCUT2D eigenvalue weighted by atomic mass is 10.0. The molecule has 0 radical (unpaired) electrons. The number of aryl methyl sites for hydroxylation is 1. The third-order valence-corrected chi connectivity index (χ3v) is 4.66. The molecule has 0 amide bonds. The summed E-state index contributed by atoms with van der Waals surface area (Å²) >= 11 is 1.75. The van der Waals surface area contributed by atoms with Gasteiger partial charge in [-0.3, -0.25) is 0 Å². The van der Waals surface area contributed by atoms with Crippen molar-refractivity contribution in [3.8, 4) is 22.8 Å². The lowest BCUT2D eigenvalue weighted by molar-refractivity contribution is 0.174. The zero-order valence-corrected chi connectivity index (χ0v) is 12.5. The molecule has 1 aromatic carbocycles. The van der Waals surface area contributed by atoms with Gasteiger partial charge in [0.2, 0.25) is 6.79 Å². The number of hydrogen-bond acceptors (Lipinski definition) is 5. The van der Waals surface area contributed by atoms with Crippen LogP contribution in [0.5, 0.6) is 11.5 Å². The molecule has 0 bridgehead atoms. The summed E-state index contributed by atoms with van der Waals surface area (Å²) in [6, 6.07) is 6.00. The Balaban J connectivity index is 2.01. The van der Waals surface area contributed by atoms with Gasteiger partial charge in [-0.15, -0.1) is 11.3 Å². The second-order valence-electron chi connectivity index (χ2n) is 4.99. The van der Waals surface area contributed by atoms with Crippen LogP contribution in [0.1, 0.15) is 29.1 Å². The number of thiazole rings is 1. The van der Waals surface area contributed by atoms with E-state index in [0.717, 1.165) is 34.2 Å². The molecule has 1 aliphatic heterocycles. The van der Waals surface area contributed by atoms with E-state index in [0.29, 0.717) is 19.3 Å². The lowest BCUT2D eigenvalue weighted by Crippen LogP contribution is -2.04. The monoisotopic (exact) mass is 290 g/mol. The van der Waals surface area contributed by atoms with E-state index in [9.17, 15) is 0 Å². The summed E-state index contributed by atoms with van der Waals surface area (Å²) in [5, 5.41) is 1.08. The summed E-state index contributed by atoms with van der Waals surface area (Å²) in [5.41, 5.74) is 7.81. The maximum Gasteiger partial charge on any atom is 0.231 e. The van der Waals surface area contributed by atoms with E-state index in [1.165, 1.54) is 4.88 Å². The molecule has 5 heteroatoms. The fourth-order valence-electron chi connectivity index (χ4n) is 2.41. The molecule has 1 unspecified atom stereocenters. The molecule has 20 heavy (non-hydrogen) atoms. The second-order valence-corrected chi connectivity index (χ2v) is 6.23. The molecule has 106 valence electrons. The minimum atomic E-state index is 0.297. The maximum absolute atomic E-state index is 5.68. The summed E-state index contributed by atoms with van der Waals surface area (Å²) in [6.07, 6.45) is 0.971. The highest BCUT2D eigenvalue weighted by molar-refractivity contribution is 7.12. The van der Waals surface area contributed by atoms with Gasteiger partial charge >= 0.3 is 0 Å². The number of benzene rings is 1. The highest BCUT2D eigenvalue weighted by Gasteiger charge is 2.20. The molecular formula is C15H18N2O2S. The quantitative estimate of drug-likeness (QED) is 0.938. The van der Waals surface area contributed by atoms with E-state index in [-0.39, 0.29) is 0 Å². The van der Waals surface area contributed by atoms with E-state index in [2.05, 4.69) is 6.92 Å². The zero-order chi connectivity index (χ0) is 14.1. The Morgan fingerprint density at radius 2 is 2.15 bits per heavy atom. The largest absolute Gasteiger partial charge is 0.454 e. The van der Waals surface area contributed by atoms with Crippen LogP contribution in [0, 0.1) is 6.92 Å². The lowest BCUT2D eigenvalue weighted by Gasteiger charge is -2.10. The molecular weight excluding hydrogens is 272 g/mol. The van der Waals surface area contributed by atoms with Crippen molar-refractivity contribution in [2.24, 2.45) is 5.73 Å². The third-order valence-electron chi connectivity index (χ3n) is 3.45. The molecule has 3 rings (SSSR count). The first-order chi connectivity index (χ1) is 9.69. The minimum absolute atomic E-state index is 0.297. The van der Waals surface area contributed by atoms with Gasteiger partial charge in [0.1, 0.15) is 0 Å². The first-order valence-corrected chi connectivity index (χ1v) is 7.58. The molecule has 2 aromatic rings. The zero-order valence-electron chi connectivity index (χ0n) is 11.7. The van der Waals surface area contributed by atoms with Crippen molar-refractivity contribution in [2.75, 3.05) is 13.3 Å². The van der Waals surface area contributed by atoms with Crippen LogP contribution in [-0.4, -0.2) is 18.3 Å². The van der Waals surface area contributed by atoms with Crippen LogP contribution in [0.2, 0.25) is 0 Å². The van der Waals surface area contributed by atoms with Crippen molar-refractivity contribution >= 4 is 11.3 Å². The summed E-state index contributed by atoms with van der Waals surface area (Å²) < 4.78 is 10.8. The van der Waals surface area contributed by atoms with Gasteiger partial charge in [0.25, 0.3) is 0 Å². The second kappa shape index (κ2) is 5.42. The van der Waals surface area contributed by atoms with Crippen LogP contribution in [-0.2, 0) is 0 Å². The number of aromatic nitrogens is 1. The number of nitrogens with zero attached hydrogens (tertiary/aromatic N) is 1. The van der Waals surface area contributed by atoms with Gasteiger partial charge in [-0.1, -0.05) is 6.92 Å². The highest BCUT2D eigenvalue weighted by Crippen LogP contribution is 2.40.